The lowest BCUT2D eigenvalue weighted by molar-refractivity contribution is 0.186. The van der Waals surface area contributed by atoms with Crippen LogP contribution in [0.25, 0.3) is 0 Å². The number of hydrogen-bond donors (Lipinski definition) is 3. The minimum atomic E-state index is -0.935. The molecule has 8 heteroatoms. The smallest absolute Gasteiger partial charge is 0.191 e. The van der Waals surface area contributed by atoms with Crippen LogP contribution in [0.5, 0.6) is 0 Å². The first-order valence-corrected chi connectivity index (χ1v) is 8.65. The quantitative estimate of drug-likeness (QED) is 0.218. The Balaban J connectivity index is 0.00000364. The van der Waals surface area contributed by atoms with Gasteiger partial charge in [-0.1, -0.05) is 29.8 Å². The molecule has 0 aliphatic heterocycles. The van der Waals surface area contributed by atoms with Crippen LogP contribution in [0, 0.1) is 5.82 Å². The van der Waals surface area contributed by atoms with Gasteiger partial charge in [0, 0.05) is 19.5 Å². The number of furan rings is 1. The van der Waals surface area contributed by atoms with Crippen LogP contribution in [0.1, 0.15) is 24.4 Å². The molecule has 1 unspecified atom stereocenters. The van der Waals surface area contributed by atoms with Gasteiger partial charge in [0.2, 0.25) is 0 Å². The number of benzene rings is 1. The topological polar surface area (TPSA) is 69.8 Å². The number of aliphatic imine (C=N–C) groups is 1. The van der Waals surface area contributed by atoms with E-state index in [9.17, 15) is 9.50 Å². The van der Waals surface area contributed by atoms with Crippen LogP contribution in [0.2, 0.25) is 5.02 Å². The molecule has 0 fully saturated rings. The molecule has 0 amide bonds. The second kappa shape index (κ2) is 12.0. The number of aliphatic hydroxyl groups excluding tert-OH is 1. The molecule has 0 aliphatic rings. The fourth-order valence-corrected chi connectivity index (χ4v) is 2.29. The Hall–Kier alpha value is -1.58. The summed E-state index contributed by atoms with van der Waals surface area (Å²) in [6.45, 7) is 6.99. The summed E-state index contributed by atoms with van der Waals surface area (Å²) in [5.41, 5.74) is 1.37. The summed E-state index contributed by atoms with van der Waals surface area (Å²) in [6, 6.07) is 7.95. The number of nitrogens with one attached hydrogen (secondary N) is 2. The van der Waals surface area contributed by atoms with Crippen molar-refractivity contribution in [2.24, 2.45) is 4.99 Å². The molecule has 0 aliphatic carbocycles. The van der Waals surface area contributed by atoms with Crippen molar-refractivity contribution < 1.29 is 13.9 Å². The monoisotopic (exact) mass is 507 g/mol. The summed E-state index contributed by atoms with van der Waals surface area (Å²) in [5, 5.41) is 16.6. The highest BCUT2D eigenvalue weighted by atomic mass is 127. The molecule has 0 saturated heterocycles. The molecule has 27 heavy (non-hydrogen) atoms. The van der Waals surface area contributed by atoms with E-state index in [1.165, 1.54) is 12.1 Å². The van der Waals surface area contributed by atoms with Gasteiger partial charge in [-0.15, -0.1) is 24.0 Å². The highest BCUT2D eigenvalue weighted by Crippen LogP contribution is 2.20. The maximum atomic E-state index is 13.5. The third-order valence-corrected chi connectivity index (χ3v) is 3.86. The highest BCUT2D eigenvalue weighted by molar-refractivity contribution is 14.0. The van der Waals surface area contributed by atoms with Gasteiger partial charge >= 0.3 is 0 Å². The molecule has 148 valence electrons. The molecule has 0 saturated carbocycles. The van der Waals surface area contributed by atoms with Crippen molar-refractivity contribution in [2.45, 2.75) is 19.4 Å². The molecule has 3 N–H and O–H groups in total. The van der Waals surface area contributed by atoms with Gasteiger partial charge in [-0.05, 0) is 36.8 Å². The van der Waals surface area contributed by atoms with E-state index in [2.05, 4.69) is 22.2 Å². The zero-order chi connectivity index (χ0) is 18.9. The molecule has 0 spiro atoms. The predicted octanol–water partition coefficient (Wildman–Crippen LogP) is 4.08. The number of guanidine groups is 1. The van der Waals surface area contributed by atoms with Crippen LogP contribution in [0.3, 0.4) is 0 Å². The third-order valence-electron chi connectivity index (χ3n) is 3.55. The lowest BCUT2D eigenvalue weighted by Crippen LogP contribution is -2.39. The normalized spacial score (nSPS) is 12.2. The summed E-state index contributed by atoms with van der Waals surface area (Å²) < 4.78 is 18.8. The molecular weight excluding hydrogens is 484 g/mol. The largest absolute Gasteiger partial charge is 0.469 e. The third kappa shape index (κ3) is 8.32. The molecule has 0 radical (unpaired) electrons. The van der Waals surface area contributed by atoms with Crippen LogP contribution in [-0.4, -0.2) is 30.7 Å². The van der Waals surface area contributed by atoms with Gasteiger partial charge in [-0.3, -0.25) is 4.99 Å². The van der Waals surface area contributed by atoms with Crippen LogP contribution in [0.15, 0.2) is 58.2 Å². The van der Waals surface area contributed by atoms with Crippen molar-refractivity contribution in [3.8, 4) is 0 Å². The van der Waals surface area contributed by atoms with E-state index in [1.807, 2.05) is 19.1 Å². The van der Waals surface area contributed by atoms with Gasteiger partial charge in [0.05, 0.1) is 23.9 Å². The van der Waals surface area contributed by atoms with Crippen molar-refractivity contribution in [3.63, 3.8) is 0 Å². The minimum absolute atomic E-state index is 0. The maximum absolute atomic E-state index is 13.5. The number of halogens is 3. The van der Waals surface area contributed by atoms with Crippen molar-refractivity contribution in [1.82, 2.24) is 10.6 Å². The summed E-state index contributed by atoms with van der Waals surface area (Å²) in [5.74, 6) is 0.839. The SMILES string of the molecule is C=C(C)CNC(=NCC(O)c1ccc(Cl)c(F)c1)NCCc1ccco1.I. The Morgan fingerprint density at radius 2 is 2.15 bits per heavy atom. The minimum Gasteiger partial charge on any atom is -0.469 e. The van der Waals surface area contributed by atoms with E-state index in [0.717, 1.165) is 11.3 Å². The number of aliphatic hydroxyl groups is 1. The zero-order valence-electron chi connectivity index (χ0n) is 15.0. The summed E-state index contributed by atoms with van der Waals surface area (Å²) in [6.07, 6.45) is 1.40. The van der Waals surface area contributed by atoms with Crippen molar-refractivity contribution in [1.29, 1.82) is 0 Å². The Morgan fingerprint density at radius 3 is 2.78 bits per heavy atom. The molecule has 1 heterocycles. The molecule has 1 aromatic heterocycles. The lowest BCUT2D eigenvalue weighted by Gasteiger charge is -2.14. The Morgan fingerprint density at radius 1 is 1.37 bits per heavy atom. The van der Waals surface area contributed by atoms with E-state index < -0.39 is 11.9 Å². The van der Waals surface area contributed by atoms with E-state index in [1.54, 1.807) is 12.3 Å². The molecule has 5 nitrogen and oxygen atoms in total. The fourth-order valence-electron chi connectivity index (χ4n) is 2.17. The summed E-state index contributed by atoms with van der Waals surface area (Å²) in [4.78, 5) is 4.36. The highest BCUT2D eigenvalue weighted by Gasteiger charge is 2.10. The van der Waals surface area contributed by atoms with E-state index in [0.29, 0.717) is 31.0 Å². The molecule has 2 aromatic rings. The second-order valence-corrected chi connectivity index (χ2v) is 6.35. The van der Waals surface area contributed by atoms with Gasteiger partial charge in [0.15, 0.2) is 5.96 Å². The molecule has 1 atom stereocenters. The zero-order valence-corrected chi connectivity index (χ0v) is 18.1. The van der Waals surface area contributed by atoms with Gasteiger partial charge < -0.3 is 20.2 Å². The Bertz CT molecular complexity index is 753. The van der Waals surface area contributed by atoms with Gasteiger partial charge in [0.25, 0.3) is 0 Å². The number of rotatable bonds is 8. The van der Waals surface area contributed by atoms with E-state index in [4.69, 9.17) is 16.0 Å². The van der Waals surface area contributed by atoms with Gasteiger partial charge in [-0.2, -0.15) is 0 Å². The average molecular weight is 508 g/mol. The standard InChI is InChI=1S/C19H23ClFN3O2.HI/c1-13(2)11-23-19(22-8-7-15-4-3-9-26-15)24-12-18(25)14-5-6-16(20)17(21)10-14;/h3-6,9-10,18,25H,1,7-8,11-12H2,2H3,(H2,22,23,24);1H. The first kappa shape index (κ1) is 23.5. The van der Waals surface area contributed by atoms with Crippen LogP contribution < -0.4 is 10.6 Å². The van der Waals surface area contributed by atoms with Crippen LogP contribution >= 0.6 is 35.6 Å². The molecular formula is C19H24ClFIN3O2. The summed E-state index contributed by atoms with van der Waals surface area (Å²) in [7, 11) is 0. The first-order chi connectivity index (χ1) is 12.5. The van der Waals surface area contributed by atoms with Crippen LogP contribution in [-0.2, 0) is 6.42 Å². The lowest BCUT2D eigenvalue weighted by atomic mass is 10.1. The van der Waals surface area contributed by atoms with Gasteiger partial charge in [-0.25, -0.2) is 4.39 Å². The first-order valence-electron chi connectivity index (χ1n) is 8.27. The number of hydrogen-bond acceptors (Lipinski definition) is 3. The predicted molar refractivity (Wildman–Crippen MR) is 117 cm³/mol. The van der Waals surface area contributed by atoms with Crippen molar-refractivity contribution >= 4 is 41.5 Å². The van der Waals surface area contributed by atoms with Crippen LogP contribution in [0.4, 0.5) is 4.39 Å². The second-order valence-electron chi connectivity index (χ2n) is 5.95. The van der Waals surface area contributed by atoms with E-state index >= 15 is 0 Å². The Kier molecular flexibility index (Phi) is 10.4. The Labute approximate surface area is 180 Å². The van der Waals surface area contributed by atoms with E-state index in [-0.39, 0.29) is 35.5 Å². The maximum Gasteiger partial charge on any atom is 0.191 e. The number of nitrogens with zero attached hydrogens (tertiary/aromatic N) is 1. The fraction of sp³-hybridized carbons (Fsp3) is 0.316. The van der Waals surface area contributed by atoms with Crippen molar-refractivity contribution in [3.05, 3.63) is 70.9 Å². The van der Waals surface area contributed by atoms with Crippen molar-refractivity contribution in [2.75, 3.05) is 19.6 Å². The summed E-state index contributed by atoms with van der Waals surface area (Å²) >= 11 is 5.66. The van der Waals surface area contributed by atoms with Gasteiger partial charge in [0.1, 0.15) is 11.6 Å². The average Bonchev–Trinajstić information content (AvgIpc) is 3.12. The molecule has 2 rings (SSSR count). The molecule has 1 aromatic carbocycles. The molecule has 0 bridgehead atoms.